The summed E-state index contributed by atoms with van der Waals surface area (Å²) >= 11 is 11.9. The van der Waals surface area contributed by atoms with Gasteiger partial charge in [-0.3, -0.25) is 0 Å². The fourth-order valence-electron chi connectivity index (χ4n) is 1.79. The van der Waals surface area contributed by atoms with E-state index >= 15 is 0 Å². The summed E-state index contributed by atoms with van der Waals surface area (Å²) in [6.07, 6.45) is 3.62. The lowest BCUT2D eigenvalue weighted by molar-refractivity contribution is 0.558. The molecule has 0 spiro atoms. The minimum Gasteiger partial charge on any atom is -0.417 e. The van der Waals surface area contributed by atoms with Crippen molar-refractivity contribution in [2.24, 2.45) is 0 Å². The molecule has 0 amide bonds. The second-order valence-electron chi connectivity index (χ2n) is 4.31. The van der Waals surface area contributed by atoms with E-state index in [9.17, 15) is 0 Å². The molecule has 104 valence electrons. The molecule has 3 nitrogen and oxygen atoms in total. The van der Waals surface area contributed by atoms with Gasteiger partial charge in [-0.05, 0) is 35.9 Å². The Morgan fingerprint density at radius 3 is 2.38 bits per heavy atom. The van der Waals surface area contributed by atoms with Gasteiger partial charge in [0.2, 0.25) is 11.8 Å². The van der Waals surface area contributed by atoms with Gasteiger partial charge in [0.25, 0.3) is 0 Å². The monoisotopic (exact) mass is 316 g/mol. The number of hydrogen-bond donors (Lipinski definition) is 0. The fraction of sp³-hybridized carbons (Fsp3) is 0. The van der Waals surface area contributed by atoms with Crippen LogP contribution in [0.2, 0.25) is 10.0 Å². The first-order chi connectivity index (χ1) is 10.2. The summed E-state index contributed by atoms with van der Waals surface area (Å²) in [4.78, 5) is 0. The molecular weight excluding hydrogens is 307 g/mol. The maximum Gasteiger partial charge on any atom is 0.249 e. The minimum atomic E-state index is 0.399. The molecule has 0 radical (unpaired) electrons. The molecule has 0 saturated heterocycles. The van der Waals surface area contributed by atoms with Crippen molar-refractivity contribution in [2.75, 3.05) is 0 Å². The van der Waals surface area contributed by atoms with Gasteiger partial charge in [0, 0.05) is 11.1 Å². The smallest absolute Gasteiger partial charge is 0.249 e. The van der Waals surface area contributed by atoms with Crippen molar-refractivity contribution in [1.29, 1.82) is 0 Å². The van der Waals surface area contributed by atoms with Crippen LogP contribution in [0.4, 0.5) is 0 Å². The lowest BCUT2D eigenvalue weighted by atomic mass is 10.2. The Labute approximate surface area is 131 Å². The normalized spacial score (nSPS) is 11.1. The van der Waals surface area contributed by atoms with Crippen molar-refractivity contribution in [3.63, 3.8) is 0 Å². The van der Waals surface area contributed by atoms with Crippen LogP contribution in [0, 0.1) is 0 Å². The van der Waals surface area contributed by atoms with E-state index in [1.54, 1.807) is 12.1 Å². The Morgan fingerprint density at radius 2 is 1.62 bits per heavy atom. The van der Waals surface area contributed by atoms with Crippen LogP contribution in [0.15, 0.2) is 52.9 Å². The summed E-state index contributed by atoms with van der Waals surface area (Å²) in [5.41, 5.74) is 1.72. The first-order valence-electron chi connectivity index (χ1n) is 6.24. The molecule has 3 rings (SSSR count). The van der Waals surface area contributed by atoms with Crippen LogP contribution >= 0.6 is 23.2 Å². The van der Waals surface area contributed by atoms with Crippen LogP contribution in [0.1, 0.15) is 11.5 Å². The standard InChI is InChI=1S/C16H10Cl2N2O/c17-12-8-5-11(6-9-12)7-10-15-19-20-16(21-15)13-3-1-2-4-14(13)18/h1-10H/b10-7+. The third-order valence-electron chi connectivity index (χ3n) is 2.83. The Balaban J connectivity index is 1.82. The molecule has 0 fully saturated rings. The largest absolute Gasteiger partial charge is 0.417 e. The summed E-state index contributed by atoms with van der Waals surface area (Å²) in [5.74, 6) is 0.816. The predicted molar refractivity (Wildman–Crippen MR) is 85.1 cm³/mol. The van der Waals surface area contributed by atoms with Crippen molar-refractivity contribution in [3.8, 4) is 11.5 Å². The van der Waals surface area contributed by atoms with Crippen molar-refractivity contribution in [2.45, 2.75) is 0 Å². The van der Waals surface area contributed by atoms with E-state index in [-0.39, 0.29) is 0 Å². The van der Waals surface area contributed by atoms with E-state index in [4.69, 9.17) is 27.6 Å². The number of rotatable bonds is 3. The highest BCUT2D eigenvalue weighted by Crippen LogP contribution is 2.26. The second kappa shape index (κ2) is 6.12. The van der Waals surface area contributed by atoms with E-state index in [2.05, 4.69) is 10.2 Å². The molecule has 0 aliphatic rings. The zero-order chi connectivity index (χ0) is 14.7. The molecule has 0 atom stereocenters. The highest BCUT2D eigenvalue weighted by atomic mass is 35.5. The molecule has 5 heteroatoms. The van der Waals surface area contributed by atoms with Gasteiger partial charge >= 0.3 is 0 Å². The van der Waals surface area contributed by atoms with E-state index in [0.29, 0.717) is 21.8 Å². The summed E-state index contributed by atoms with van der Waals surface area (Å²) < 4.78 is 5.58. The summed E-state index contributed by atoms with van der Waals surface area (Å²) in [7, 11) is 0. The molecule has 0 bridgehead atoms. The number of benzene rings is 2. The number of hydrogen-bond acceptors (Lipinski definition) is 3. The van der Waals surface area contributed by atoms with E-state index in [1.807, 2.05) is 48.5 Å². The summed E-state index contributed by atoms with van der Waals surface area (Å²) in [6, 6.07) is 14.8. The number of halogens is 2. The molecule has 0 unspecified atom stereocenters. The quantitative estimate of drug-likeness (QED) is 0.665. The van der Waals surface area contributed by atoms with Gasteiger partial charge in [0.15, 0.2) is 0 Å². The van der Waals surface area contributed by atoms with Crippen molar-refractivity contribution < 1.29 is 4.42 Å². The van der Waals surface area contributed by atoms with Gasteiger partial charge in [-0.15, -0.1) is 10.2 Å². The average molecular weight is 317 g/mol. The molecule has 0 aliphatic heterocycles. The van der Waals surface area contributed by atoms with Gasteiger partial charge in [-0.1, -0.05) is 47.5 Å². The Kier molecular flexibility index (Phi) is 4.04. The van der Waals surface area contributed by atoms with Gasteiger partial charge in [0.1, 0.15) is 0 Å². The van der Waals surface area contributed by atoms with Gasteiger partial charge in [-0.2, -0.15) is 0 Å². The number of aromatic nitrogens is 2. The van der Waals surface area contributed by atoms with Crippen molar-refractivity contribution in [1.82, 2.24) is 10.2 Å². The van der Waals surface area contributed by atoms with E-state index in [1.165, 1.54) is 0 Å². The van der Waals surface area contributed by atoms with E-state index < -0.39 is 0 Å². The van der Waals surface area contributed by atoms with Crippen LogP contribution in [-0.4, -0.2) is 10.2 Å². The van der Waals surface area contributed by atoms with Crippen molar-refractivity contribution in [3.05, 3.63) is 70.0 Å². The predicted octanol–water partition coefficient (Wildman–Crippen LogP) is 5.21. The fourth-order valence-corrected chi connectivity index (χ4v) is 2.13. The zero-order valence-electron chi connectivity index (χ0n) is 10.8. The third kappa shape index (κ3) is 3.32. The number of nitrogens with zero attached hydrogens (tertiary/aromatic N) is 2. The molecule has 1 heterocycles. The molecule has 3 aromatic rings. The first kappa shape index (κ1) is 13.9. The van der Waals surface area contributed by atoms with Crippen LogP contribution in [0.25, 0.3) is 23.6 Å². The SMILES string of the molecule is Clc1ccc(/C=C/c2nnc(-c3ccccc3Cl)o2)cc1. The topological polar surface area (TPSA) is 38.9 Å². The third-order valence-corrected chi connectivity index (χ3v) is 3.41. The molecule has 0 saturated carbocycles. The van der Waals surface area contributed by atoms with Gasteiger partial charge in [-0.25, -0.2) is 0 Å². The van der Waals surface area contributed by atoms with Crippen LogP contribution in [0.3, 0.4) is 0 Å². The van der Waals surface area contributed by atoms with Gasteiger partial charge < -0.3 is 4.42 Å². The molecular formula is C16H10Cl2N2O. The maximum absolute atomic E-state index is 6.10. The zero-order valence-corrected chi connectivity index (χ0v) is 12.3. The second-order valence-corrected chi connectivity index (χ2v) is 5.15. The molecule has 1 aromatic heterocycles. The first-order valence-corrected chi connectivity index (χ1v) is 7.00. The maximum atomic E-state index is 6.10. The average Bonchev–Trinajstić information content (AvgIpc) is 2.96. The molecule has 0 N–H and O–H groups in total. The molecule has 2 aromatic carbocycles. The van der Waals surface area contributed by atoms with Crippen molar-refractivity contribution >= 4 is 35.4 Å². The van der Waals surface area contributed by atoms with Crippen LogP contribution in [0.5, 0.6) is 0 Å². The van der Waals surface area contributed by atoms with Gasteiger partial charge in [0.05, 0.1) is 10.6 Å². The lowest BCUT2D eigenvalue weighted by Crippen LogP contribution is -1.78. The van der Waals surface area contributed by atoms with E-state index in [0.717, 1.165) is 11.1 Å². The molecule has 21 heavy (non-hydrogen) atoms. The highest BCUT2D eigenvalue weighted by molar-refractivity contribution is 6.33. The molecule has 0 aliphatic carbocycles. The lowest BCUT2D eigenvalue weighted by Gasteiger charge is -1.96. The minimum absolute atomic E-state index is 0.399. The summed E-state index contributed by atoms with van der Waals surface area (Å²) in [6.45, 7) is 0. The van der Waals surface area contributed by atoms with Crippen LogP contribution in [-0.2, 0) is 0 Å². The highest BCUT2D eigenvalue weighted by Gasteiger charge is 2.09. The Hall–Kier alpha value is -2.10. The summed E-state index contributed by atoms with van der Waals surface area (Å²) in [5, 5.41) is 9.26. The Bertz CT molecular complexity index is 779. The Morgan fingerprint density at radius 1 is 0.857 bits per heavy atom. The van der Waals surface area contributed by atoms with Crippen LogP contribution < -0.4 is 0 Å².